The standard InChI is InChI=1S/C26H32O5Si/c1-6-13-22-15-9-11-17-24(22)28-20-29-32(19-8-3,31-26(27)21(4)5)30-25-18-12-10-16-23(25)14-7-2/h6-7,9-12,15-18H,1-2,4,8,13-14,19-20H2,3,5H3. The predicted octanol–water partition coefficient (Wildman–Crippen LogP) is 6.04. The van der Waals surface area contributed by atoms with Crippen LogP contribution in [0.25, 0.3) is 0 Å². The number of carbonyl (C=O) groups excluding carboxylic acids is 1. The van der Waals surface area contributed by atoms with Crippen LogP contribution < -0.4 is 9.16 Å². The minimum absolute atomic E-state index is 0.118. The molecule has 2 aromatic carbocycles. The Bertz CT molecular complexity index is 939. The monoisotopic (exact) mass is 452 g/mol. The lowest BCUT2D eigenvalue weighted by Crippen LogP contribution is -2.51. The van der Waals surface area contributed by atoms with E-state index in [2.05, 4.69) is 19.7 Å². The maximum Gasteiger partial charge on any atom is 0.636 e. The van der Waals surface area contributed by atoms with Gasteiger partial charge in [0.15, 0.2) is 6.79 Å². The number of rotatable bonds is 14. The molecule has 0 fully saturated rings. The second kappa shape index (κ2) is 12.7. The maximum absolute atomic E-state index is 12.5. The molecule has 0 amide bonds. The number of carbonyl (C=O) groups is 1. The molecule has 0 aliphatic heterocycles. The minimum Gasteiger partial charge on any atom is -0.492 e. The lowest BCUT2D eigenvalue weighted by molar-refractivity contribution is -0.134. The van der Waals surface area contributed by atoms with Crippen LogP contribution in [0.1, 0.15) is 31.4 Å². The summed E-state index contributed by atoms with van der Waals surface area (Å²) in [7, 11) is -3.50. The van der Waals surface area contributed by atoms with Gasteiger partial charge in [0, 0.05) is 11.6 Å². The molecule has 1 atom stereocenters. The molecule has 0 saturated heterocycles. The van der Waals surface area contributed by atoms with Gasteiger partial charge in [-0.15, -0.1) is 13.2 Å². The van der Waals surface area contributed by atoms with Crippen LogP contribution in [-0.2, 0) is 26.5 Å². The zero-order chi connectivity index (χ0) is 23.4. The molecule has 6 heteroatoms. The SMILES string of the molecule is C=CCc1ccccc1OCO[Si](CCC)(OC(=O)C(=C)C)Oc1ccccc1CC=C. The lowest BCUT2D eigenvalue weighted by Gasteiger charge is -2.30. The first-order valence-corrected chi connectivity index (χ1v) is 12.6. The predicted molar refractivity (Wildman–Crippen MR) is 130 cm³/mol. The summed E-state index contributed by atoms with van der Waals surface area (Å²) in [4.78, 5) is 12.5. The number of benzene rings is 2. The van der Waals surface area contributed by atoms with E-state index < -0.39 is 14.8 Å². The molecule has 0 saturated carbocycles. The zero-order valence-electron chi connectivity index (χ0n) is 19.0. The fourth-order valence-corrected chi connectivity index (χ4v) is 5.38. The van der Waals surface area contributed by atoms with Crippen molar-refractivity contribution in [1.82, 2.24) is 0 Å². The van der Waals surface area contributed by atoms with E-state index in [-0.39, 0.29) is 12.4 Å². The Morgan fingerprint density at radius 1 is 0.969 bits per heavy atom. The molecule has 0 bridgehead atoms. The first kappa shape index (κ1) is 25.2. The van der Waals surface area contributed by atoms with E-state index in [0.717, 1.165) is 11.1 Å². The highest BCUT2D eigenvalue weighted by molar-refractivity contribution is 6.63. The normalized spacial score (nSPS) is 12.3. The van der Waals surface area contributed by atoms with Gasteiger partial charge in [0.1, 0.15) is 11.5 Å². The highest BCUT2D eigenvalue weighted by Gasteiger charge is 2.48. The molecule has 0 aliphatic rings. The molecule has 1 unspecified atom stereocenters. The minimum atomic E-state index is -3.50. The second-order valence-corrected chi connectivity index (χ2v) is 9.88. The summed E-state index contributed by atoms with van der Waals surface area (Å²) in [6.07, 6.45) is 5.60. The van der Waals surface area contributed by atoms with Crippen LogP contribution in [0, 0.1) is 0 Å². The molecule has 5 nitrogen and oxygen atoms in total. The van der Waals surface area contributed by atoms with Crippen molar-refractivity contribution in [2.45, 2.75) is 39.2 Å². The molecule has 0 spiro atoms. The Kier molecular flexibility index (Phi) is 9.98. The van der Waals surface area contributed by atoms with E-state index in [1.807, 2.05) is 61.5 Å². The van der Waals surface area contributed by atoms with E-state index in [1.165, 1.54) is 0 Å². The highest BCUT2D eigenvalue weighted by Crippen LogP contribution is 2.28. The first-order valence-electron chi connectivity index (χ1n) is 10.7. The van der Waals surface area contributed by atoms with Crippen LogP contribution in [-0.4, -0.2) is 21.6 Å². The molecule has 2 rings (SSSR count). The van der Waals surface area contributed by atoms with E-state index in [4.69, 9.17) is 18.0 Å². The average molecular weight is 453 g/mol. The Morgan fingerprint density at radius 2 is 1.53 bits per heavy atom. The van der Waals surface area contributed by atoms with Crippen molar-refractivity contribution in [2.75, 3.05) is 6.79 Å². The molecule has 0 aromatic heterocycles. The molecule has 2 aromatic rings. The van der Waals surface area contributed by atoms with Crippen molar-refractivity contribution in [3.63, 3.8) is 0 Å². The number of ether oxygens (including phenoxy) is 1. The number of hydrogen-bond acceptors (Lipinski definition) is 5. The third-order valence-electron chi connectivity index (χ3n) is 4.59. The molecular weight excluding hydrogens is 420 g/mol. The maximum atomic E-state index is 12.5. The topological polar surface area (TPSA) is 54.0 Å². The van der Waals surface area contributed by atoms with Gasteiger partial charge in [-0.3, -0.25) is 0 Å². The van der Waals surface area contributed by atoms with Gasteiger partial charge in [-0.25, -0.2) is 4.79 Å². The third-order valence-corrected chi connectivity index (χ3v) is 7.28. The fourth-order valence-electron chi connectivity index (χ4n) is 3.04. The smallest absolute Gasteiger partial charge is 0.492 e. The Labute approximate surface area is 192 Å². The van der Waals surface area contributed by atoms with E-state index in [1.54, 1.807) is 13.0 Å². The number of allylic oxidation sites excluding steroid dienone is 2. The van der Waals surface area contributed by atoms with Crippen molar-refractivity contribution in [1.29, 1.82) is 0 Å². The van der Waals surface area contributed by atoms with Gasteiger partial charge in [-0.05, 0) is 49.4 Å². The lowest BCUT2D eigenvalue weighted by atomic mass is 10.1. The summed E-state index contributed by atoms with van der Waals surface area (Å²) in [5.74, 6) is 0.748. The Balaban J connectivity index is 2.30. The molecule has 0 radical (unpaired) electrons. The number of para-hydroxylation sites is 2. The van der Waals surface area contributed by atoms with Crippen molar-refractivity contribution in [3.05, 3.63) is 97.1 Å². The summed E-state index contributed by atoms with van der Waals surface area (Å²) in [6, 6.07) is 15.7. The first-order chi connectivity index (χ1) is 15.4. The summed E-state index contributed by atoms with van der Waals surface area (Å²) in [6.45, 7) is 14.8. The fraction of sp³-hybridized carbons (Fsp3) is 0.269. The van der Waals surface area contributed by atoms with Gasteiger partial charge in [0.2, 0.25) is 0 Å². The summed E-state index contributed by atoms with van der Waals surface area (Å²) >= 11 is 0. The Hall–Kier alpha value is -3.09. The van der Waals surface area contributed by atoms with Gasteiger partial charge >= 0.3 is 14.8 Å². The summed E-state index contributed by atoms with van der Waals surface area (Å²) < 4.78 is 24.2. The molecular formula is C26H32O5Si. The van der Waals surface area contributed by atoms with Crippen LogP contribution in [0.15, 0.2) is 86.0 Å². The van der Waals surface area contributed by atoms with Gasteiger partial charge < -0.3 is 18.0 Å². The molecule has 0 heterocycles. The van der Waals surface area contributed by atoms with Crippen molar-refractivity contribution in [3.8, 4) is 11.5 Å². The van der Waals surface area contributed by atoms with Crippen LogP contribution in [0.5, 0.6) is 11.5 Å². The van der Waals surface area contributed by atoms with E-state index >= 15 is 0 Å². The number of hydrogen-bond donors (Lipinski definition) is 0. The van der Waals surface area contributed by atoms with Gasteiger partial charge in [0.05, 0.1) is 0 Å². The average Bonchev–Trinajstić information content (AvgIpc) is 2.77. The summed E-state index contributed by atoms with van der Waals surface area (Å²) in [5.41, 5.74) is 2.20. The molecule has 0 aliphatic carbocycles. The zero-order valence-corrected chi connectivity index (χ0v) is 20.0. The third kappa shape index (κ3) is 7.25. The van der Waals surface area contributed by atoms with Crippen molar-refractivity contribution >= 4 is 14.8 Å². The van der Waals surface area contributed by atoms with Gasteiger partial charge in [-0.1, -0.05) is 62.1 Å². The molecule has 32 heavy (non-hydrogen) atoms. The Morgan fingerprint density at radius 3 is 2.09 bits per heavy atom. The summed E-state index contributed by atoms with van der Waals surface area (Å²) in [5, 5.41) is 0. The van der Waals surface area contributed by atoms with Gasteiger partial charge in [-0.2, -0.15) is 0 Å². The van der Waals surface area contributed by atoms with Crippen molar-refractivity contribution in [2.24, 2.45) is 0 Å². The van der Waals surface area contributed by atoms with Crippen LogP contribution in [0.3, 0.4) is 0 Å². The van der Waals surface area contributed by atoms with Crippen LogP contribution in [0.4, 0.5) is 0 Å². The largest absolute Gasteiger partial charge is 0.636 e. The highest BCUT2D eigenvalue weighted by atomic mass is 28.4. The molecule has 0 N–H and O–H groups in total. The quantitative estimate of drug-likeness (QED) is 0.151. The van der Waals surface area contributed by atoms with Crippen LogP contribution >= 0.6 is 0 Å². The van der Waals surface area contributed by atoms with Gasteiger partial charge in [0.25, 0.3) is 0 Å². The van der Waals surface area contributed by atoms with E-state index in [0.29, 0.717) is 36.8 Å². The molecule has 170 valence electrons. The second-order valence-electron chi connectivity index (χ2n) is 7.31. The van der Waals surface area contributed by atoms with E-state index in [9.17, 15) is 4.79 Å². The van der Waals surface area contributed by atoms with Crippen molar-refractivity contribution < 1.29 is 22.8 Å². The van der Waals surface area contributed by atoms with Crippen LogP contribution in [0.2, 0.25) is 6.04 Å².